The van der Waals surface area contributed by atoms with Crippen LogP contribution < -0.4 is 11.1 Å². The maximum absolute atomic E-state index is 13.3. The Morgan fingerprint density at radius 3 is 2.64 bits per heavy atom. The summed E-state index contributed by atoms with van der Waals surface area (Å²) < 4.78 is 13.3. The maximum atomic E-state index is 13.3. The molecule has 0 aliphatic heterocycles. The van der Waals surface area contributed by atoms with Gasteiger partial charge in [-0.3, -0.25) is 4.79 Å². The molecular formula is C18H25FN2O. The quantitative estimate of drug-likeness (QED) is 0.902. The van der Waals surface area contributed by atoms with Crippen molar-refractivity contribution in [2.24, 2.45) is 17.6 Å². The Labute approximate surface area is 131 Å². The van der Waals surface area contributed by atoms with E-state index in [1.54, 1.807) is 6.07 Å². The van der Waals surface area contributed by atoms with Gasteiger partial charge < -0.3 is 11.1 Å². The summed E-state index contributed by atoms with van der Waals surface area (Å²) in [4.78, 5) is 12.6. The van der Waals surface area contributed by atoms with Gasteiger partial charge in [-0.15, -0.1) is 0 Å². The molecule has 0 saturated heterocycles. The maximum Gasteiger partial charge on any atom is 0.227 e. The first-order chi connectivity index (χ1) is 10.5. The lowest BCUT2D eigenvalue weighted by Gasteiger charge is -2.45. The lowest BCUT2D eigenvalue weighted by molar-refractivity contribution is -0.124. The first-order valence-electron chi connectivity index (χ1n) is 8.36. The third kappa shape index (κ3) is 3.17. The van der Waals surface area contributed by atoms with E-state index in [0.717, 1.165) is 31.2 Å². The highest BCUT2D eigenvalue weighted by atomic mass is 19.1. The fraction of sp³-hybridized carbons (Fsp3) is 0.611. The van der Waals surface area contributed by atoms with Crippen molar-refractivity contribution in [2.45, 2.75) is 57.0 Å². The third-order valence-electron chi connectivity index (χ3n) is 5.43. The molecule has 0 heterocycles. The van der Waals surface area contributed by atoms with Gasteiger partial charge in [0.15, 0.2) is 0 Å². The van der Waals surface area contributed by atoms with E-state index >= 15 is 0 Å². The standard InChI is InChI=1S/C18H25FN2O/c1-11(12-4-3-7-15(19)8-12)18(22)21-17-13-5-2-6-14(17)10-16(20)9-13/h3-4,7-8,11,13-14,16-17H,2,5-6,9-10,20H2,1H3,(H,21,22). The van der Waals surface area contributed by atoms with E-state index in [0.29, 0.717) is 11.8 Å². The first kappa shape index (κ1) is 15.5. The van der Waals surface area contributed by atoms with Crippen molar-refractivity contribution in [1.29, 1.82) is 0 Å². The number of fused-ring (bicyclic) bond motifs is 2. The Bertz CT molecular complexity index is 534. The van der Waals surface area contributed by atoms with Crippen LogP contribution in [0.25, 0.3) is 0 Å². The fourth-order valence-corrected chi connectivity index (χ4v) is 4.24. The molecule has 1 aromatic carbocycles. The lowest BCUT2D eigenvalue weighted by Crippen LogP contribution is -2.54. The Hall–Kier alpha value is -1.42. The molecule has 1 aromatic rings. The van der Waals surface area contributed by atoms with Crippen LogP contribution in [-0.4, -0.2) is 18.0 Å². The van der Waals surface area contributed by atoms with E-state index in [2.05, 4.69) is 5.32 Å². The molecule has 3 rings (SSSR count). The van der Waals surface area contributed by atoms with Crippen LogP contribution in [-0.2, 0) is 4.79 Å². The number of hydrogen-bond acceptors (Lipinski definition) is 2. The molecule has 3 N–H and O–H groups in total. The van der Waals surface area contributed by atoms with Crippen LogP contribution in [0.2, 0.25) is 0 Å². The third-order valence-corrected chi connectivity index (χ3v) is 5.43. The van der Waals surface area contributed by atoms with E-state index in [-0.39, 0.29) is 29.7 Å². The van der Waals surface area contributed by atoms with Gasteiger partial charge in [-0.2, -0.15) is 0 Å². The molecule has 2 aliphatic carbocycles. The monoisotopic (exact) mass is 304 g/mol. The number of carbonyl (C=O) groups excluding carboxylic acids is 1. The Morgan fingerprint density at radius 2 is 2.00 bits per heavy atom. The molecule has 2 bridgehead atoms. The molecular weight excluding hydrogens is 279 g/mol. The lowest BCUT2D eigenvalue weighted by atomic mass is 9.67. The van der Waals surface area contributed by atoms with Crippen molar-refractivity contribution in [3.05, 3.63) is 35.6 Å². The van der Waals surface area contributed by atoms with Crippen LogP contribution in [0.15, 0.2) is 24.3 Å². The molecule has 3 atom stereocenters. The first-order valence-corrected chi connectivity index (χ1v) is 8.36. The van der Waals surface area contributed by atoms with Gasteiger partial charge in [0.1, 0.15) is 5.82 Å². The topological polar surface area (TPSA) is 55.1 Å². The zero-order chi connectivity index (χ0) is 15.7. The van der Waals surface area contributed by atoms with Crippen LogP contribution in [0.5, 0.6) is 0 Å². The van der Waals surface area contributed by atoms with E-state index < -0.39 is 0 Å². The largest absolute Gasteiger partial charge is 0.352 e. The zero-order valence-electron chi connectivity index (χ0n) is 13.1. The van der Waals surface area contributed by atoms with E-state index in [4.69, 9.17) is 5.73 Å². The molecule has 3 unspecified atom stereocenters. The van der Waals surface area contributed by atoms with Crippen molar-refractivity contribution < 1.29 is 9.18 Å². The molecule has 2 saturated carbocycles. The number of nitrogens with two attached hydrogens (primary N) is 1. The average molecular weight is 304 g/mol. The summed E-state index contributed by atoms with van der Waals surface area (Å²) in [5.41, 5.74) is 6.86. The number of amides is 1. The van der Waals surface area contributed by atoms with Gasteiger partial charge in [-0.1, -0.05) is 18.6 Å². The zero-order valence-corrected chi connectivity index (χ0v) is 13.1. The molecule has 4 heteroatoms. The predicted molar refractivity (Wildman–Crippen MR) is 84.8 cm³/mol. The van der Waals surface area contributed by atoms with Crippen molar-refractivity contribution in [1.82, 2.24) is 5.32 Å². The molecule has 0 radical (unpaired) electrons. The molecule has 0 spiro atoms. The molecule has 3 nitrogen and oxygen atoms in total. The van der Waals surface area contributed by atoms with Crippen molar-refractivity contribution in [3.63, 3.8) is 0 Å². The Kier molecular flexibility index (Phi) is 4.48. The molecule has 120 valence electrons. The highest BCUT2D eigenvalue weighted by Crippen LogP contribution is 2.39. The summed E-state index contributed by atoms with van der Waals surface area (Å²) in [7, 11) is 0. The van der Waals surface area contributed by atoms with Gasteiger partial charge in [0, 0.05) is 12.1 Å². The number of nitrogens with one attached hydrogen (secondary N) is 1. The number of rotatable bonds is 3. The summed E-state index contributed by atoms with van der Waals surface area (Å²) >= 11 is 0. The van der Waals surface area contributed by atoms with Crippen LogP contribution in [0.4, 0.5) is 4.39 Å². The average Bonchev–Trinajstić information content (AvgIpc) is 2.47. The van der Waals surface area contributed by atoms with Gasteiger partial charge in [0.2, 0.25) is 5.91 Å². The highest BCUT2D eigenvalue weighted by molar-refractivity contribution is 5.83. The highest BCUT2D eigenvalue weighted by Gasteiger charge is 2.40. The fourth-order valence-electron chi connectivity index (χ4n) is 4.24. The number of carbonyl (C=O) groups is 1. The second kappa shape index (κ2) is 6.37. The van der Waals surface area contributed by atoms with Gasteiger partial charge in [0.25, 0.3) is 0 Å². The summed E-state index contributed by atoms with van der Waals surface area (Å²) in [6.45, 7) is 1.84. The van der Waals surface area contributed by atoms with Crippen LogP contribution in [0.1, 0.15) is 50.5 Å². The number of halogens is 1. The molecule has 2 fully saturated rings. The molecule has 22 heavy (non-hydrogen) atoms. The summed E-state index contributed by atoms with van der Waals surface area (Å²) in [5, 5.41) is 3.24. The number of benzene rings is 1. The van der Waals surface area contributed by atoms with Crippen molar-refractivity contribution in [2.75, 3.05) is 0 Å². The van der Waals surface area contributed by atoms with Crippen molar-refractivity contribution in [3.8, 4) is 0 Å². The van der Waals surface area contributed by atoms with Gasteiger partial charge >= 0.3 is 0 Å². The Balaban J connectivity index is 1.68. The summed E-state index contributed by atoms with van der Waals surface area (Å²) in [6.07, 6.45) is 5.58. The van der Waals surface area contributed by atoms with Gasteiger partial charge in [-0.05, 0) is 62.1 Å². The second-order valence-electron chi connectivity index (χ2n) is 6.99. The molecule has 0 aromatic heterocycles. The second-order valence-corrected chi connectivity index (χ2v) is 6.99. The Morgan fingerprint density at radius 1 is 1.32 bits per heavy atom. The van der Waals surface area contributed by atoms with Gasteiger partial charge in [-0.25, -0.2) is 4.39 Å². The SMILES string of the molecule is CC(C(=O)NC1C2CCCC1CC(N)C2)c1cccc(F)c1. The van der Waals surface area contributed by atoms with Crippen molar-refractivity contribution >= 4 is 5.91 Å². The van der Waals surface area contributed by atoms with Crippen LogP contribution in [0, 0.1) is 17.7 Å². The molecule has 2 aliphatic rings. The van der Waals surface area contributed by atoms with E-state index in [1.165, 1.54) is 18.6 Å². The van der Waals surface area contributed by atoms with Crippen LogP contribution >= 0.6 is 0 Å². The number of hydrogen-bond donors (Lipinski definition) is 2. The van der Waals surface area contributed by atoms with Crippen LogP contribution in [0.3, 0.4) is 0 Å². The van der Waals surface area contributed by atoms with E-state index in [1.807, 2.05) is 13.0 Å². The summed E-state index contributed by atoms with van der Waals surface area (Å²) in [6, 6.07) is 6.84. The minimum Gasteiger partial charge on any atom is -0.352 e. The van der Waals surface area contributed by atoms with E-state index in [9.17, 15) is 9.18 Å². The smallest absolute Gasteiger partial charge is 0.227 e. The summed E-state index contributed by atoms with van der Waals surface area (Å²) in [5.74, 6) is 0.393. The van der Waals surface area contributed by atoms with Gasteiger partial charge in [0.05, 0.1) is 5.92 Å². The minimum atomic E-state index is -0.327. The normalized spacial score (nSPS) is 32.3. The predicted octanol–water partition coefficient (Wildman–Crippen LogP) is 2.95. The minimum absolute atomic E-state index is 0.00275. The molecule has 1 amide bonds.